The van der Waals surface area contributed by atoms with Gasteiger partial charge in [-0.2, -0.15) is 0 Å². The molecule has 5 heteroatoms. The van der Waals surface area contributed by atoms with Gasteiger partial charge in [-0.1, -0.05) is 24.3 Å². The molecule has 0 saturated carbocycles. The first-order valence-electron chi connectivity index (χ1n) is 8.59. The lowest BCUT2D eigenvalue weighted by atomic mass is 10.0. The van der Waals surface area contributed by atoms with E-state index in [1.54, 1.807) is 12.3 Å². The first-order chi connectivity index (χ1) is 12.7. The Balaban J connectivity index is 1.52. The van der Waals surface area contributed by atoms with Gasteiger partial charge in [-0.25, -0.2) is 9.37 Å². The van der Waals surface area contributed by atoms with Crippen molar-refractivity contribution in [1.29, 1.82) is 0 Å². The van der Waals surface area contributed by atoms with Crippen molar-refractivity contribution < 1.29 is 9.18 Å². The number of carbonyl (C=O) groups is 1. The smallest absolute Gasteiger partial charge is 0.255 e. The first-order valence-corrected chi connectivity index (χ1v) is 8.59. The van der Waals surface area contributed by atoms with Gasteiger partial charge < -0.3 is 10.2 Å². The number of aromatic nitrogens is 1. The van der Waals surface area contributed by atoms with Crippen LogP contribution in [0.3, 0.4) is 0 Å². The van der Waals surface area contributed by atoms with Crippen LogP contribution < -0.4 is 10.2 Å². The summed E-state index contributed by atoms with van der Waals surface area (Å²) in [5.74, 6) is 0.0539. The second-order valence-corrected chi connectivity index (χ2v) is 6.25. The molecule has 0 bridgehead atoms. The predicted octanol–water partition coefficient (Wildman–Crippen LogP) is 4.56. The van der Waals surface area contributed by atoms with Gasteiger partial charge in [-0.3, -0.25) is 4.79 Å². The van der Waals surface area contributed by atoms with E-state index in [1.165, 1.54) is 29.4 Å². The lowest BCUT2D eigenvalue weighted by molar-refractivity contribution is 0.102. The van der Waals surface area contributed by atoms with Gasteiger partial charge in [-0.15, -0.1) is 0 Å². The average Bonchev–Trinajstić information content (AvgIpc) is 2.68. The van der Waals surface area contributed by atoms with E-state index >= 15 is 0 Å². The van der Waals surface area contributed by atoms with E-state index in [0.29, 0.717) is 5.69 Å². The minimum Gasteiger partial charge on any atom is -0.326 e. The summed E-state index contributed by atoms with van der Waals surface area (Å²) in [5.41, 5.74) is 3.36. The van der Waals surface area contributed by atoms with E-state index in [2.05, 4.69) is 33.4 Å². The summed E-state index contributed by atoms with van der Waals surface area (Å²) < 4.78 is 13.2. The topological polar surface area (TPSA) is 45.2 Å². The van der Waals surface area contributed by atoms with Crippen LogP contribution in [-0.4, -0.2) is 17.4 Å². The van der Waals surface area contributed by atoms with E-state index in [1.807, 2.05) is 18.2 Å². The molecule has 0 fully saturated rings. The fourth-order valence-corrected chi connectivity index (χ4v) is 3.22. The number of halogens is 1. The van der Waals surface area contributed by atoms with Gasteiger partial charge >= 0.3 is 0 Å². The second-order valence-electron chi connectivity index (χ2n) is 6.25. The number of anilines is 3. The molecule has 1 aromatic heterocycles. The molecule has 1 aliphatic heterocycles. The Morgan fingerprint density at radius 1 is 1.08 bits per heavy atom. The van der Waals surface area contributed by atoms with Crippen molar-refractivity contribution in [3.8, 4) is 0 Å². The predicted molar refractivity (Wildman–Crippen MR) is 100 cm³/mol. The van der Waals surface area contributed by atoms with Crippen molar-refractivity contribution in [3.05, 3.63) is 83.8 Å². The molecule has 0 saturated heterocycles. The lowest BCUT2D eigenvalue weighted by Crippen LogP contribution is -2.25. The second kappa shape index (κ2) is 6.96. The fraction of sp³-hybridized carbons (Fsp3) is 0.143. The van der Waals surface area contributed by atoms with Crippen LogP contribution in [-0.2, 0) is 6.42 Å². The number of benzene rings is 2. The molecule has 0 aliphatic carbocycles. The summed E-state index contributed by atoms with van der Waals surface area (Å²) >= 11 is 0. The van der Waals surface area contributed by atoms with Crippen LogP contribution in [0.5, 0.6) is 0 Å². The van der Waals surface area contributed by atoms with Crippen molar-refractivity contribution in [1.82, 2.24) is 4.98 Å². The summed E-state index contributed by atoms with van der Waals surface area (Å²) in [4.78, 5) is 18.9. The van der Waals surface area contributed by atoms with E-state index in [-0.39, 0.29) is 11.5 Å². The third-order valence-electron chi connectivity index (χ3n) is 4.48. The molecular formula is C21H18FN3O. The Bertz CT molecular complexity index is 940. The third-order valence-corrected chi connectivity index (χ3v) is 4.48. The van der Waals surface area contributed by atoms with Crippen LogP contribution in [0.25, 0.3) is 0 Å². The molecule has 2 aromatic carbocycles. The van der Waals surface area contributed by atoms with Crippen molar-refractivity contribution in [2.24, 2.45) is 0 Å². The average molecular weight is 347 g/mol. The van der Waals surface area contributed by atoms with Crippen molar-refractivity contribution in [2.45, 2.75) is 12.8 Å². The number of hydrogen-bond donors (Lipinski definition) is 1. The molecule has 0 radical (unpaired) electrons. The van der Waals surface area contributed by atoms with Gasteiger partial charge in [0.1, 0.15) is 11.6 Å². The number of nitrogens with zero attached hydrogens (tertiary/aromatic N) is 2. The largest absolute Gasteiger partial charge is 0.326 e. The summed E-state index contributed by atoms with van der Waals surface area (Å²) in [6.07, 6.45) is 3.79. The molecule has 130 valence electrons. The van der Waals surface area contributed by atoms with E-state index < -0.39 is 5.82 Å². The van der Waals surface area contributed by atoms with E-state index in [4.69, 9.17) is 0 Å². The number of amides is 1. The molecule has 1 aliphatic rings. The highest BCUT2D eigenvalue weighted by Crippen LogP contribution is 2.32. The highest BCUT2D eigenvalue weighted by Gasteiger charge is 2.18. The lowest BCUT2D eigenvalue weighted by Gasteiger charge is -2.30. The van der Waals surface area contributed by atoms with Crippen molar-refractivity contribution >= 4 is 23.1 Å². The number of fused-ring (bicyclic) bond motifs is 1. The molecule has 1 N–H and O–H groups in total. The van der Waals surface area contributed by atoms with Gasteiger partial charge in [0.25, 0.3) is 5.91 Å². The maximum absolute atomic E-state index is 13.2. The van der Waals surface area contributed by atoms with Crippen LogP contribution in [0, 0.1) is 5.82 Å². The van der Waals surface area contributed by atoms with Gasteiger partial charge in [0.2, 0.25) is 0 Å². The highest BCUT2D eigenvalue weighted by molar-refractivity contribution is 6.04. The molecule has 0 atom stereocenters. The number of aryl methyl sites for hydroxylation is 1. The van der Waals surface area contributed by atoms with E-state index in [0.717, 1.165) is 25.2 Å². The molecule has 2 heterocycles. The number of rotatable bonds is 3. The number of pyridine rings is 1. The van der Waals surface area contributed by atoms with Crippen LogP contribution >= 0.6 is 0 Å². The molecule has 1 amide bonds. The fourth-order valence-electron chi connectivity index (χ4n) is 3.22. The Morgan fingerprint density at radius 3 is 2.77 bits per heavy atom. The molecular weight excluding hydrogens is 329 g/mol. The third kappa shape index (κ3) is 3.28. The van der Waals surface area contributed by atoms with Gasteiger partial charge in [-0.05, 0) is 54.8 Å². The van der Waals surface area contributed by atoms with Gasteiger partial charge in [0, 0.05) is 17.8 Å². The molecule has 0 unspecified atom stereocenters. The van der Waals surface area contributed by atoms with Gasteiger partial charge in [0.15, 0.2) is 0 Å². The Labute approximate surface area is 151 Å². The summed E-state index contributed by atoms with van der Waals surface area (Å²) in [5, 5.41) is 2.75. The Hall–Kier alpha value is -3.21. The zero-order valence-electron chi connectivity index (χ0n) is 14.2. The van der Waals surface area contributed by atoms with E-state index in [9.17, 15) is 9.18 Å². The monoisotopic (exact) mass is 347 g/mol. The number of nitrogens with one attached hydrogen (secondary N) is 1. The molecule has 26 heavy (non-hydrogen) atoms. The van der Waals surface area contributed by atoms with Crippen LogP contribution in [0.2, 0.25) is 0 Å². The normalized spacial score (nSPS) is 13.2. The zero-order valence-corrected chi connectivity index (χ0v) is 14.2. The first kappa shape index (κ1) is 16.3. The standard InChI is InChI=1S/C21H18FN3O/c22-17-8-3-6-16(13-17)21(26)24-18-10-11-20(23-14-18)25-12-4-7-15-5-1-2-9-19(15)25/h1-3,5-6,8-11,13-14H,4,7,12H2,(H,24,26). The Morgan fingerprint density at radius 2 is 1.96 bits per heavy atom. The minimum atomic E-state index is -0.435. The number of hydrogen-bond acceptors (Lipinski definition) is 3. The molecule has 3 aromatic rings. The summed E-state index contributed by atoms with van der Waals surface area (Å²) in [7, 11) is 0. The maximum atomic E-state index is 13.2. The molecule has 4 rings (SSSR count). The van der Waals surface area contributed by atoms with Gasteiger partial charge in [0.05, 0.1) is 11.9 Å². The van der Waals surface area contributed by atoms with Crippen molar-refractivity contribution in [2.75, 3.05) is 16.8 Å². The molecule has 0 spiro atoms. The number of para-hydroxylation sites is 1. The van der Waals surface area contributed by atoms with Crippen LogP contribution in [0.4, 0.5) is 21.6 Å². The SMILES string of the molecule is O=C(Nc1ccc(N2CCCc3ccccc32)nc1)c1cccc(F)c1. The number of carbonyl (C=O) groups excluding carboxylic acids is 1. The maximum Gasteiger partial charge on any atom is 0.255 e. The molecule has 4 nitrogen and oxygen atoms in total. The quantitative estimate of drug-likeness (QED) is 0.755. The Kier molecular flexibility index (Phi) is 4.35. The summed E-state index contributed by atoms with van der Waals surface area (Å²) in [6, 6.07) is 17.7. The summed E-state index contributed by atoms with van der Waals surface area (Å²) in [6.45, 7) is 0.916. The van der Waals surface area contributed by atoms with Crippen LogP contribution in [0.15, 0.2) is 66.9 Å². The highest BCUT2D eigenvalue weighted by atomic mass is 19.1. The minimum absolute atomic E-state index is 0.277. The van der Waals surface area contributed by atoms with Crippen molar-refractivity contribution in [3.63, 3.8) is 0 Å². The zero-order chi connectivity index (χ0) is 17.9. The van der Waals surface area contributed by atoms with Crippen LogP contribution in [0.1, 0.15) is 22.3 Å².